The van der Waals surface area contributed by atoms with Crippen molar-refractivity contribution in [3.63, 3.8) is 0 Å². The lowest BCUT2D eigenvalue weighted by atomic mass is 9.94. The molecular formula is C35H37F3N6O3. The van der Waals surface area contributed by atoms with E-state index in [0.29, 0.717) is 31.0 Å². The van der Waals surface area contributed by atoms with Gasteiger partial charge in [0.15, 0.2) is 0 Å². The SMILES string of the molecule is Cc1cc(C(F)(F)F)cc(N2C(=O)C[C@@H]3CN(Cc4ccc(NC(=O)C5=CCCN(C)C5)cc4)c4c(C)cccc4N(C)C(=O)[C@H]32)n1. The van der Waals surface area contributed by atoms with Gasteiger partial charge in [0, 0.05) is 62.5 Å². The number of amides is 3. The Bertz CT molecular complexity index is 1760. The summed E-state index contributed by atoms with van der Waals surface area (Å²) >= 11 is 0. The number of nitrogens with one attached hydrogen (secondary N) is 1. The minimum absolute atomic E-state index is 0.0189. The van der Waals surface area contributed by atoms with Crippen LogP contribution in [-0.4, -0.2) is 67.4 Å². The molecule has 6 rings (SSSR count). The van der Waals surface area contributed by atoms with Crippen LogP contribution in [0.25, 0.3) is 0 Å². The molecule has 3 aliphatic heterocycles. The highest BCUT2D eigenvalue weighted by Gasteiger charge is 2.49. The van der Waals surface area contributed by atoms with E-state index in [0.717, 1.165) is 52.4 Å². The number of hydrogen-bond donors (Lipinski definition) is 1. The standard InChI is InChI=1S/C35H37F3N6O3/c1-21-7-5-9-28-31(21)43(18-23-10-12-27(13-11-23)40-33(46)24-8-6-14-41(3)19-24)20-25-16-30(45)44(32(25)34(47)42(28)4)29-17-26(35(36,37)38)15-22(2)39-29/h5,7-13,15,17,25,32H,6,14,16,18-20H2,1-4H3,(H,40,46)/t25-,32+/m1/s1. The first kappa shape index (κ1) is 32.2. The highest BCUT2D eigenvalue weighted by atomic mass is 19.4. The van der Waals surface area contributed by atoms with Gasteiger partial charge in [0.2, 0.25) is 11.8 Å². The highest BCUT2D eigenvalue weighted by Crippen LogP contribution is 2.42. The third kappa shape index (κ3) is 6.47. The van der Waals surface area contributed by atoms with Gasteiger partial charge in [-0.15, -0.1) is 0 Å². The molecule has 1 N–H and O–H groups in total. The summed E-state index contributed by atoms with van der Waals surface area (Å²) in [7, 11) is 3.61. The van der Waals surface area contributed by atoms with Crippen molar-refractivity contribution in [2.75, 3.05) is 53.7 Å². The molecular weight excluding hydrogens is 609 g/mol. The molecule has 0 unspecified atom stereocenters. The van der Waals surface area contributed by atoms with Crippen molar-refractivity contribution in [2.45, 2.75) is 45.5 Å². The van der Waals surface area contributed by atoms with Gasteiger partial charge in [0.05, 0.1) is 16.9 Å². The molecule has 3 amide bonds. The lowest BCUT2D eigenvalue weighted by Crippen LogP contribution is -2.52. The second-order valence-corrected chi connectivity index (χ2v) is 12.7. The first-order valence-electron chi connectivity index (χ1n) is 15.6. The Kier molecular flexibility index (Phi) is 8.56. The van der Waals surface area contributed by atoms with Crippen molar-refractivity contribution in [3.8, 4) is 0 Å². The average molecular weight is 647 g/mol. The Balaban J connectivity index is 1.31. The summed E-state index contributed by atoms with van der Waals surface area (Å²) in [4.78, 5) is 51.6. The number of aryl methyl sites for hydroxylation is 2. The zero-order valence-electron chi connectivity index (χ0n) is 26.8. The van der Waals surface area contributed by atoms with Gasteiger partial charge < -0.3 is 20.0 Å². The quantitative estimate of drug-likeness (QED) is 0.404. The molecule has 1 fully saturated rings. The van der Waals surface area contributed by atoms with Gasteiger partial charge in [-0.3, -0.25) is 19.3 Å². The van der Waals surface area contributed by atoms with E-state index in [2.05, 4.69) is 20.1 Å². The summed E-state index contributed by atoms with van der Waals surface area (Å²) in [5.74, 6) is -1.65. The molecule has 2 atom stereocenters. The number of fused-ring (bicyclic) bond motifs is 2. The maximum Gasteiger partial charge on any atom is 0.416 e. The van der Waals surface area contributed by atoms with E-state index in [9.17, 15) is 27.6 Å². The van der Waals surface area contributed by atoms with Gasteiger partial charge in [0.1, 0.15) is 11.9 Å². The van der Waals surface area contributed by atoms with Crippen molar-refractivity contribution in [2.24, 2.45) is 5.92 Å². The topological polar surface area (TPSA) is 89.1 Å². The molecule has 0 aliphatic carbocycles. The van der Waals surface area contributed by atoms with Crippen LogP contribution in [0.2, 0.25) is 0 Å². The molecule has 246 valence electrons. The van der Waals surface area contributed by atoms with Crippen molar-refractivity contribution < 1.29 is 27.6 Å². The molecule has 3 aromatic rings. The number of nitrogens with zero attached hydrogens (tertiary/aromatic N) is 5. The molecule has 3 aliphatic rings. The lowest BCUT2D eigenvalue weighted by Gasteiger charge is -2.39. The number of para-hydroxylation sites is 1. The molecule has 1 aromatic heterocycles. The molecule has 0 radical (unpaired) electrons. The molecule has 2 aromatic carbocycles. The fraction of sp³-hybridized carbons (Fsp3) is 0.371. The zero-order chi connectivity index (χ0) is 33.6. The second kappa shape index (κ2) is 12.5. The Morgan fingerprint density at radius 3 is 2.49 bits per heavy atom. The Labute approximate surface area is 271 Å². The normalized spacial score (nSPS) is 20.4. The summed E-state index contributed by atoms with van der Waals surface area (Å²) in [6.45, 7) is 5.65. The zero-order valence-corrected chi connectivity index (χ0v) is 26.8. The smallest absolute Gasteiger partial charge is 0.365 e. The van der Waals surface area contributed by atoms with Crippen LogP contribution in [0.15, 0.2) is 66.2 Å². The highest BCUT2D eigenvalue weighted by molar-refractivity contribution is 6.10. The van der Waals surface area contributed by atoms with Crippen LogP contribution in [0.1, 0.15) is 35.2 Å². The Morgan fingerprint density at radius 2 is 1.79 bits per heavy atom. The van der Waals surface area contributed by atoms with Crippen molar-refractivity contribution in [1.82, 2.24) is 9.88 Å². The number of anilines is 4. The van der Waals surface area contributed by atoms with Gasteiger partial charge in [-0.2, -0.15) is 13.2 Å². The number of halogens is 3. The van der Waals surface area contributed by atoms with E-state index < -0.39 is 29.6 Å². The van der Waals surface area contributed by atoms with Crippen LogP contribution in [0.4, 0.5) is 36.1 Å². The van der Waals surface area contributed by atoms with Crippen LogP contribution in [0.3, 0.4) is 0 Å². The third-order valence-electron chi connectivity index (χ3n) is 9.10. The van der Waals surface area contributed by atoms with Crippen LogP contribution < -0.4 is 20.0 Å². The van der Waals surface area contributed by atoms with Gasteiger partial charge in [-0.05, 0) is 68.8 Å². The summed E-state index contributed by atoms with van der Waals surface area (Å²) in [6, 6.07) is 13.9. The number of hydrogen-bond acceptors (Lipinski definition) is 6. The molecule has 4 heterocycles. The minimum Gasteiger partial charge on any atom is -0.365 e. The summed E-state index contributed by atoms with van der Waals surface area (Å²) in [5, 5.41) is 2.98. The number of rotatable bonds is 5. The number of benzene rings is 2. The third-order valence-corrected chi connectivity index (χ3v) is 9.10. The molecule has 9 nitrogen and oxygen atoms in total. The van der Waals surface area contributed by atoms with Gasteiger partial charge in [-0.25, -0.2) is 4.98 Å². The van der Waals surface area contributed by atoms with Crippen LogP contribution in [-0.2, 0) is 27.1 Å². The average Bonchev–Trinajstić information content (AvgIpc) is 3.34. The molecule has 0 saturated carbocycles. The number of aromatic nitrogens is 1. The minimum atomic E-state index is -4.64. The number of likely N-dealkylation sites (N-methyl/N-ethyl adjacent to an activating group) is 2. The first-order chi connectivity index (χ1) is 22.3. The summed E-state index contributed by atoms with van der Waals surface area (Å²) < 4.78 is 41.2. The summed E-state index contributed by atoms with van der Waals surface area (Å²) in [6.07, 6.45) is -1.85. The number of pyridine rings is 1. The van der Waals surface area contributed by atoms with Crippen molar-refractivity contribution >= 4 is 40.6 Å². The molecule has 0 bridgehead atoms. The Morgan fingerprint density at radius 1 is 1.04 bits per heavy atom. The molecule has 0 spiro atoms. The largest absolute Gasteiger partial charge is 0.416 e. The molecule has 12 heteroatoms. The number of carbonyl (C=O) groups excluding carboxylic acids is 3. The van der Waals surface area contributed by atoms with Gasteiger partial charge in [-0.1, -0.05) is 30.3 Å². The Hall–Kier alpha value is -4.71. The van der Waals surface area contributed by atoms with E-state index in [1.165, 1.54) is 11.8 Å². The van der Waals surface area contributed by atoms with E-state index >= 15 is 0 Å². The van der Waals surface area contributed by atoms with E-state index in [1.807, 2.05) is 62.5 Å². The number of alkyl halides is 3. The fourth-order valence-electron chi connectivity index (χ4n) is 6.83. The van der Waals surface area contributed by atoms with Crippen LogP contribution in [0.5, 0.6) is 0 Å². The summed E-state index contributed by atoms with van der Waals surface area (Å²) in [5.41, 5.74) is 3.93. The predicted molar refractivity (Wildman–Crippen MR) is 174 cm³/mol. The maximum atomic E-state index is 14.1. The monoisotopic (exact) mass is 646 g/mol. The van der Waals surface area contributed by atoms with Crippen molar-refractivity contribution in [1.29, 1.82) is 0 Å². The molecule has 1 saturated heterocycles. The predicted octanol–water partition coefficient (Wildman–Crippen LogP) is 5.32. The maximum absolute atomic E-state index is 14.1. The molecule has 47 heavy (non-hydrogen) atoms. The lowest BCUT2D eigenvalue weighted by molar-refractivity contribution is -0.137. The number of carbonyl (C=O) groups is 3. The van der Waals surface area contributed by atoms with E-state index in [-0.39, 0.29) is 29.7 Å². The van der Waals surface area contributed by atoms with E-state index in [1.54, 1.807) is 7.05 Å². The van der Waals surface area contributed by atoms with Crippen LogP contribution in [0, 0.1) is 19.8 Å². The van der Waals surface area contributed by atoms with Crippen LogP contribution >= 0.6 is 0 Å². The van der Waals surface area contributed by atoms with Gasteiger partial charge >= 0.3 is 6.18 Å². The first-order valence-corrected chi connectivity index (χ1v) is 15.6. The van der Waals surface area contributed by atoms with Gasteiger partial charge in [0.25, 0.3) is 5.91 Å². The second-order valence-electron chi connectivity index (χ2n) is 12.7. The van der Waals surface area contributed by atoms with Crippen molar-refractivity contribution in [3.05, 3.63) is 88.6 Å². The fourth-order valence-corrected chi connectivity index (χ4v) is 6.83. The van der Waals surface area contributed by atoms with E-state index in [4.69, 9.17) is 0 Å².